The van der Waals surface area contributed by atoms with Crippen LogP contribution in [0.4, 0.5) is 10.1 Å². The van der Waals surface area contributed by atoms with Crippen molar-refractivity contribution >= 4 is 11.6 Å². The minimum Gasteiger partial charge on any atom is -0.389 e. The summed E-state index contributed by atoms with van der Waals surface area (Å²) >= 11 is 0. The topological polar surface area (TPSA) is 43.8 Å². The van der Waals surface area contributed by atoms with Gasteiger partial charge in [0, 0.05) is 31.4 Å². The van der Waals surface area contributed by atoms with E-state index in [4.69, 9.17) is 0 Å². The van der Waals surface area contributed by atoms with Crippen LogP contribution < -0.4 is 4.90 Å². The summed E-state index contributed by atoms with van der Waals surface area (Å²) in [5.41, 5.74) is 0.862. The molecule has 1 amide bonds. The van der Waals surface area contributed by atoms with Gasteiger partial charge >= 0.3 is 0 Å². The van der Waals surface area contributed by atoms with Gasteiger partial charge in [0.25, 0.3) is 0 Å². The Labute approximate surface area is 106 Å². The number of carbonyl (C=O) groups excluding carboxylic acids is 1. The molecule has 2 rings (SSSR count). The molecule has 0 radical (unpaired) electrons. The quantitative estimate of drug-likeness (QED) is 0.859. The maximum absolute atomic E-state index is 13.7. The number of hydrogen-bond acceptors (Lipinski definition) is 3. The standard InChI is InChI=1S/C13H17FN2O2/c1-9(17)13-10(14)4-3-5-11(13)16-7-6-15(2)12(18)8-16/h3-5,9,17H,6-8H2,1-2H3/t9-/m0/s1. The Hall–Kier alpha value is -1.62. The molecule has 1 aliphatic rings. The van der Waals surface area contributed by atoms with Gasteiger partial charge in [0.15, 0.2) is 0 Å². The summed E-state index contributed by atoms with van der Waals surface area (Å²) < 4.78 is 13.7. The van der Waals surface area contributed by atoms with Crippen LogP contribution in [0.15, 0.2) is 18.2 Å². The lowest BCUT2D eigenvalue weighted by molar-refractivity contribution is -0.129. The number of rotatable bonds is 2. The summed E-state index contributed by atoms with van der Waals surface area (Å²) in [6, 6.07) is 4.66. The Bertz CT molecular complexity index is 462. The van der Waals surface area contributed by atoms with Gasteiger partial charge in [-0.05, 0) is 19.1 Å². The van der Waals surface area contributed by atoms with Crippen LogP contribution in [0, 0.1) is 5.82 Å². The van der Waals surface area contributed by atoms with Gasteiger partial charge in [-0.2, -0.15) is 0 Å². The van der Waals surface area contributed by atoms with Crippen molar-refractivity contribution in [2.75, 3.05) is 31.6 Å². The first-order chi connectivity index (χ1) is 8.50. The molecule has 18 heavy (non-hydrogen) atoms. The fraction of sp³-hybridized carbons (Fsp3) is 0.462. The summed E-state index contributed by atoms with van der Waals surface area (Å²) in [5.74, 6) is -0.434. The van der Waals surface area contributed by atoms with Crippen LogP contribution in [0.5, 0.6) is 0 Å². The Morgan fingerprint density at radius 3 is 2.72 bits per heavy atom. The van der Waals surface area contributed by atoms with Crippen molar-refractivity contribution in [3.05, 3.63) is 29.6 Å². The zero-order valence-corrected chi connectivity index (χ0v) is 10.6. The van der Waals surface area contributed by atoms with E-state index in [1.165, 1.54) is 13.0 Å². The van der Waals surface area contributed by atoms with E-state index in [9.17, 15) is 14.3 Å². The van der Waals surface area contributed by atoms with E-state index >= 15 is 0 Å². The number of aliphatic hydroxyl groups is 1. The van der Waals surface area contributed by atoms with E-state index in [0.29, 0.717) is 18.8 Å². The SMILES string of the molecule is C[C@H](O)c1c(F)cccc1N1CCN(C)C(=O)C1. The third-order valence-electron chi connectivity index (χ3n) is 3.25. The van der Waals surface area contributed by atoms with Crippen LogP contribution in [-0.2, 0) is 4.79 Å². The second-order valence-electron chi connectivity index (χ2n) is 4.59. The lowest BCUT2D eigenvalue weighted by atomic mass is 10.1. The number of hydrogen-bond donors (Lipinski definition) is 1. The minimum atomic E-state index is -0.893. The van der Waals surface area contributed by atoms with Crippen molar-refractivity contribution in [1.29, 1.82) is 0 Å². The Morgan fingerprint density at radius 1 is 1.39 bits per heavy atom. The molecule has 1 aliphatic heterocycles. The van der Waals surface area contributed by atoms with E-state index < -0.39 is 11.9 Å². The predicted octanol–water partition coefficient (Wildman–Crippen LogP) is 1.16. The highest BCUT2D eigenvalue weighted by molar-refractivity contribution is 5.83. The molecule has 1 aromatic rings. The zero-order chi connectivity index (χ0) is 13.3. The van der Waals surface area contributed by atoms with E-state index in [0.717, 1.165) is 0 Å². The first-order valence-corrected chi connectivity index (χ1v) is 5.96. The summed E-state index contributed by atoms with van der Waals surface area (Å²) in [5, 5.41) is 9.67. The molecule has 1 fully saturated rings. The molecule has 0 spiro atoms. The maximum Gasteiger partial charge on any atom is 0.241 e. The van der Waals surface area contributed by atoms with E-state index in [-0.39, 0.29) is 18.0 Å². The first-order valence-electron chi connectivity index (χ1n) is 5.96. The number of aliphatic hydroxyl groups excluding tert-OH is 1. The molecule has 0 bridgehead atoms. The number of nitrogens with zero attached hydrogens (tertiary/aromatic N) is 2. The first kappa shape index (κ1) is 12.8. The highest BCUT2D eigenvalue weighted by atomic mass is 19.1. The summed E-state index contributed by atoms with van der Waals surface area (Å²) in [6.07, 6.45) is -0.893. The average molecular weight is 252 g/mol. The number of halogens is 1. The fourth-order valence-corrected chi connectivity index (χ4v) is 2.18. The maximum atomic E-state index is 13.7. The molecule has 4 nitrogen and oxygen atoms in total. The van der Waals surface area contributed by atoms with Crippen LogP contribution in [0.2, 0.25) is 0 Å². The third-order valence-corrected chi connectivity index (χ3v) is 3.25. The van der Waals surface area contributed by atoms with Gasteiger partial charge in [-0.1, -0.05) is 6.07 Å². The number of amides is 1. The summed E-state index contributed by atoms with van der Waals surface area (Å²) in [4.78, 5) is 15.1. The lowest BCUT2D eigenvalue weighted by Crippen LogP contribution is -2.49. The van der Waals surface area contributed by atoms with Crippen molar-refractivity contribution in [3.8, 4) is 0 Å². The van der Waals surface area contributed by atoms with Crippen molar-refractivity contribution in [1.82, 2.24) is 4.90 Å². The number of benzene rings is 1. The van der Waals surface area contributed by atoms with Crippen LogP contribution >= 0.6 is 0 Å². The molecular weight excluding hydrogens is 235 g/mol. The molecule has 1 heterocycles. The molecule has 5 heteroatoms. The number of piperazine rings is 1. The highest BCUT2D eigenvalue weighted by Gasteiger charge is 2.25. The molecule has 1 saturated heterocycles. The fourth-order valence-electron chi connectivity index (χ4n) is 2.18. The number of likely N-dealkylation sites (N-methyl/N-ethyl adjacent to an activating group) is 1. The molecule has 0 saturated carbocycles. The molecule has 98 valence electrons. The molecule has 0 aromatic heterocycles. The number of carbonyl (C=O) groups is 1. The average Bonchev–Trinajstić information content (AvgIpc) is 2.32. The normalized spacial score (nSPS) is 18.1. The molecular formula is C13H17FN2O2. The van der Waals surface area contributed by atoms with Gasteiger partial charge in [-0.3, -0.25) is 4.79 Å². The number of anilines is 1. The Morgan fingerprint density at radius 2 is 2.11 bits per heavy atom. The van der Waals surface area contributed by atoms with Gasteiger partial charge < -0.3 is 14.9 Å². The Kier molecular flexibility index (Phi) is 3.52. The minimum absolute atomic E-state index is 0.00190. The van der Waals surface area contributed by atoms with Crippen molar-refractivity contribution < 1.29 is 14.3 Å². The van der Waals surface area contributed by atoms with Crippen LogP contribution in [0.1, 0.15) is 18.6 Å². The predicted molar refractivity (Wildman–Crippen MR) is 66.9 cm³/mol. The van der Waals surface area contributed by atoms with Gasteiger partial charge in [0.05, 0.1) is 12.6 Å². The smallest absolute Gasteiger partial charge is 0.241 e. The van der Waals surface area contributed by atoms with E-state index in [1.54, 1.807) is 24.1 Å². The molecule has 0 aliphatic carbocycles. The monoisotopic (exact) mass is 252 g/mol. The molecule has 1 aromatic carbocycles. The largest absolute Gasteiger partial charge is 0.389 e. The molecule has 1 N–H and O–H groups in total. The molecule has 1 atom stereocenters. The van der Waals surface area contributed by atoms with Crippen LogP contribution in [0.25, 0.3) is 0 Å². The van der Waals surface area contributed by atoms with Gasteiger partial charge in [0.2, 0.25) is 5.91 Å². The highest BCUT2D eigenvalue weighted by Crippen LogP contribution is 2.29. The van der Waals surface area contributed by atoms with Crippen LogP contribution in [-0.4, -0.2) is 42.6 Å². The summed E-state index contributed by atoms with van der Waals surface area (Å²) in [6.45, 7) is 3.00. The third kappa shape index (κ3) is 2.31. The lowest BCUT2D eigenvalue weighted by Gasteiger charge is -2.35. The van der Waals surface area contributed by atoms with Gasteiger partial charge in [0.1, 0.15) is 5.82 Å². The van der Waals surface area contributed by atoms with Crippen LogP contribution in [0.3, 0.4) is 0 Å². The second kappa shape index (κ2) is 4.94. The Balaban J connectivity index is 2.34. The molecule has 0 unspecified atom stereocenters. The van der Waals surface area contributed by atoms with Crippen molar-refractivity contribution in [2.24, 2.45) is 0 Å². The zero-order valence-electron chi connectivity index (χ0n) is 10.6. The van der Waals surface area contributed by atoms with Crippen molar-refractivity contribution in [2.45, 2.75) is 13.0 Å². The van der Waals surface area contributed by atoms with Crippen molar-refractivity contribution in [3.63, 3.8) is 0 Å². The second-order valence-corrected chi connectivity index (χ2v) is 4.59. The van der Waals surface area contributed by atoms with Gasteiger partial charge in [-0.25, -0.2) is 4.39 Å². The van der Waals surface area contributed by atoms with E-state index in [2.05, 4.69) is 0 Å². The van der Waals surface area contributed by atoms with Gasteiger partial charge in [-0.15, -0.1) is 0 Å². The van der Waals surface area contributed by atoms with E-state index in [1.807, 2.05) is 4.90 Å². The summed E-state index contributed by atoms with van der Waals surface area (Å²) in [7, 11) is 1.75.